The standard InChI is InChI=1S/C28H39N5/c1-5-31(6-2)25-17-18-26(30)27(21-25)33(24-15-10-9-11-16-24)28(32(7-3)8-4)20-22-13-12-14-23(29)19-22/h9-19,21,28H,5-8,20,29-30H2,1-4H3. The minimum atomic E-state index is 0.0819. The van der Waals surface area contributed by atoms with Crippen molar-refractivity contribution in [2.24, 2.45) is 0 Å². The Morgan fingerprint density at radius 3 is 2.00 bits per heavy atom. The molecule has 3 rings (SSSR count). The highest BCUT2D eigenvalue weighted by atomic mass is 15.4. The molecule has 5 nitrogen and oxygen atoms in total. The fourth-order valence-corrected chi connectivity index (χ4v) is 4.55. The number of para-hydroxylation sites is 1. The lowest BCUT2D eigenvalue weighted by Crippen LogP contribution is -2.48. The molecule has 1 unspecified atom stereocenters. The zero-order valence-corrected chi connectivity index (χ0v) is 20.5. The third-order valence-electron chi connectivity index (χ3n) is 6.34. The number of benzene rings is 3. The summed E-state index contributed by atoms with van der Waals surface area (Å²) in [4.78, 5) is 7.24. The SMILES string of the molecule is CCN(CC)c1ccc(N)c(N(c2ccccc2)C(Cc2cccc(N)c2)N(CC)CC)c1. The number of likely N-dealkylation sites (N-methyl/N-ethyl adjacent to an activating group) is 1. The normalized spacial score (nSPS) is 12.0. The average molecular weight is 446 g/mol. The second-order valence-electron chi connectivity index (χ2n) is 8.27. The van der Waals surface area contributed by atoms with E-state index in [4.69, 9.17) is 11.5 Å². The van der Waals surface area contributed by atoms with E-state index in [1.54, 1.807) is 0 Å². The van der Waals surface area contributed by atoms with Gasteiger partial charge >= 0.3 is 0 Å². The third kappa shape index (κ3) is 5.79. The molecule has 5 heteroatoms. The van der Waals surface area contributed by atoms with Crippen LogP contribution in [0.1, 0.15) is 33.3 Å². The first-order chi connectivity index (χ1) is 16.0. The Kier molecular flexibility index (Phi) is 8.61. The lowest BCUT2D eigenvalue weighted by molar-refractivity contribution is 0.218. The summed E-state index contributed by atoms with van der Waals surface area (Å²) in [6.45, 7) is 12.6. The molecule has 3 aromatic carbocycles. The van der Waals surface area contributed by atoms with Gasteiger partial charge in [0.1, 0.15) is 0 Å². The molecule has 33 heavy (non-hydrogen) atoms. The molecule has 3 aromatic rings. The summed E-state index contributed by atoms with van der Waals surface area (Å²) >= 11 is 0. The first-order valence-electron chi connectivity index (χ1n) is 12.1. The molecule has 0 aliphatic carbocycles. The van der Waals surface area contributed by atoms with Crippen molar-refractivity contribution in [1.82, 2.24) is 4.90 Å². The zero-order valence-electron chi connectivity index (χ0n) is 20.5. The first kappa shape index (κ1) is 24.5. The number of nitrogens with two attached hydrogens (primary N) is 2. The van der Waals surface area contributed by atoms with Crippen LogP contribution >= 0.6 is 0 Å². The fourth-order valence-electron chi connectivity index (χ4n) is 4.55. The molecule has 0 aliphatic rings. The van der Waals surface area contributed by atoms with Crippen LogP contribution in [0.5, 0.6) is 0 Å². The van der Waals surface area contributed by atoms with Crippen molar-refractivity contribution in [2.75, 3.05) is 47.4 Å². The molecular weight excluding hydrogens is 406 g/mol. The average Bonchev–Trinajstić information content (AvgIpc) is 2.83. The molecule has 0 heterocycles. The molecule has 0 saturated heterocycles. The maximum absolute atomic E-state index is 6.65. The molecule has 4 N–H and O–H groups in total. The van der Waals surface area contributed by atoms with Gasteiger partial charge in [0, 0.05) is 36.6 Å². The van der Waals surface area contributed by atoms with E-state index in [0.717, 1.165) is 55.3 Å². The van der Waals surface area contributed by atoms with Crippen LogP contribution in [0.4, 0.5) is 28.4 Å². The van der Waals surface area contributed by atoms with Crippen LogP contribution in [0.15, 0.2) is 72.8 Å². The van der Waals surface area contributed by atoms with Crippen molar-refractivity contribution >= 4 is 28.4 Å². The number of rotatable bonds is 11. The van der Waals surface area contributed by atoms with Gasteiger partial charge in [0.15, 0.2) is 0 Å². The van der Waals surface area contributed by atoms with Gasteiger partial charge in [0.05, 0.1) is 17.5 Å². The van der Waals surface area contributed by atoms with Crippen LogP contribution in [0.25, 0.3) is 0 Å². The monoisotopic (exact) mass is 445 g/mol. The van der Waals surface area contributed by atoms with Crippen molar-refractivity contribution in [2.45, 2.75) is 40.3 Å². The molecule has 0 fully saturated rings. The van der Waals surface area contributed by atoms with Crippen molar-refractivity contribution in [3.05, 3.63) is 78.4 Å². The summed E-state index contributed by atoms with van der Waals surface area (Å²) in [5.74, 6) is 0. The van der Waals surface area contributed by atoms with E-state index in [0.29, 0.717) is 0 Å². The van der Waals surface area contributed by atoms with Crippen molar-refractivity contribution in [3.8, 4) is 0 Å². The summed E-state index contributed by atoms with van der Waals surface area (Å²) in [6, 6.07) is 25.2. The van der Waals surface area contributed by atoms with Gasteiger partial charge < -0.3 is 21.3 Å². The van der Waals surface area contributed by atoms with E-state index in [2.05, 4.69) is 97.0 Å². The minimum absolute atomic E-state index is 0.0819. The molecule has 0 aromatic heterocycles. The van der Waals surface area contributed by atoms with Crippen LogP contribution in [0.2, 0.25) is 0 Å². The Bertz CT molecular complexity index is 996. The maximum atomic E-state index is 6.65. The Balaban J connectivity index is 2.18. The van der Waals surface area contributed by atoms with Gasteiger partial charge in [-0.25, -0.2) is 0 Å². The molecular formula is C28H39N5. The zero-order chi connectivity index (χ0) is 23.8. The predicted octanol–water partition coefficient (Wildman–Crippen LogP) is 5.75. The van der Waals surface area contributed by atoms with Gasteiger partial charge in [0.2, 0.25) is 0 Å². The second kappa shape index (κ2) is 11.6. The van der Waals surface area contributed by atoms with E-state index in [-0.39, 0.29) is 6.17 Å². The van der Waals surface area contributed by atoms with Crippen LogP contribution < -0.4 is 21.3 Å². The molecule has 0 radical (unpaired) electrons. The number of hydrogen-bond acceptors (Lipinski definition) is 5. The van der Waals surface area contributed by atoms with Gasteiger partial charge in [0.25, 0.3) is 0 Å². The van der Waals surface area contributed by atoms with Gasteiger partial charge in [-0.3, -0.25) is 4.90 Å². The summed E-state index contributed by atoms with van der Waals surface area (Å²) in [5.41, 5.74) is 18.9. The fraction of sp³-hybridized carbons (Fsp3) is 0.357. The Morgan fingerprint density at radius 2 is 1.39 bits per heavy atom. The second-order valence-corrected chi connectivity index (χ2v) is 8.27. The van der Waals surface area contributed by atoms with E-state index < -0.39 is 0 Å². The van der Waals surface area contributed by atoms with Gasteiger partial charge in [-0.2, -0.15) is 0 Å². The Hall–Kier alpha value is -3.18. The number of nitrogen functional groups attached to an aromatic ring is 2. The van der Waals surface area contributed by atoms with Crippen molar-refractivity contribution < 1.29 is 0 Å². The molecule has 0 bridgehead atoms. The highest BCUT2D eigenvalue weighted by Gasteiger charge is 2.27. The first-order valence-corrected chi connectivity index (χ1v) is 12.1. The van der Waals surface area contributed by atoms with E-state index in [1.807, 2.05) is 18.2 Å². The van der Waals surface area contributed by atoms with Crippen molar-refractivity contribution in [3.63, 3.8) is 0 Å². The Labute approximate surface area is 199 Å². The van der Waals surface area contributed by atoms with Gasteiger partial charge in [-0.05, 0) is 75.0 Å². The molecule has 0 amide bonds. The smallest absolute Gasteiger partial charge is 0.0911 e. The third-order valence-corrected chi connectivity index (χ3v) is 6.34. The van der Waals surface area contributed by atoms with Crippen LogP contribution in [0.3, 0.4) is 0 Å². The summed E-state index contributed by atoms with van der Waals surface area (Å²) in [7, 11) is 0. The summed E-state index contributed by atoms with van der Waals surface area (Å²) in [5, 5.41) is 0. The van der Waals surface area contributed by atoms with E-state index >= 15 is 0 Å². The lowest BCUT2D eigenvalue weighted by Gasteiger charge is -2.41. The van der Waals surface area contributed by atoms with Gasteiger partial charge in [-0.15, -0.1) is 0 Å². The predicted molar refractivity (Wildman–Crippen MR) is 144 cm³/mol. The quantitative estimate of drug-likeness (QED) is 0.291. The minimum Gasteiger partial charge on any atom is -0.399 e. The van der Waals surface area contributed by atoms with Crippen LogP contribution in [-0.2, 0) is 6.42 Å². The lowest BCUT2D eigenvalue weighted by atomic mass is 10.0. The number of anilines is 5. The van der Waals surface area contributed by atoms with E-state index in [1.165, 1.54) is 11.3 Å². The highest BCUT2D eigenvalue weighted by molar-refractivity contribution is 5.79. The van der Waals surface area contributed by atoms with Gasteiger partial charge in [-0.1, -0.05) is 44.2 Å². The molecule has 1 atom stereocenters. The largest absolute Gasteiger partial charge is 0.399 e. The Morgan fingerprint density at radius 1 is 0.697 bits per heavy atom. The molecule has 0 spiro atoms. The molecule has 0 saturated carbocycles. The molecule has 176 valence electrons. The van der Waals surface area contributed by atoms with Crippen LogP contribution in [-0.4, -0.2) is 37.2 Å². The number of hydrogen-bond donors (Lipinski definition) is 2. The highest BCUT2D eigenvalue weighted by Crippen LogP contribution is 2.37. The molecule has 0 aliphatic heterocycles. The maximum Gasteiger partial charge on any atom is 0.0911 e. The summed E-state index contributed by atoms with van der Waals surface area (Å²) in [6.07, 6.45) is 0.912. The topological polar surface area (TPSA) is 61.8 Å². The van der Waals surface area contributed by atoms with Crippen molar-refractivity contribution in [1.29, 1.82) is 0 Å². The summed E-state index contributed by atoms with van der Waals surface area (Å²) < 4.78 is 0. The van der Waals surface area contributed by atoms with E-state index in [9.17, 15) is 0 Å². The number of nitrogens with zero attached hydrogens (tertiary/aromatic N) is 3. The van der Waals surface area contributed by atoms with Crippen LogP contribution in [0, 0.1) is 0 Å².